The molecule has 4 amide bonds. The van der Waals surface area contributed by atoms with Crippen molar-refractivity contribution in [3.8, 4) is 11.5 Å². The molecule has 2 aliphatic rings. The van der Waals surface area contributed by atoms with Gasteiger partial charge in [-0.2, -0.15) is 5.01 Å². The first kappa shape index (κ1) is 21.9. The van der Waals surface area contributed by atoms with Gasteiger partial charge in [0.15, 0.2) is 18.0 Å². The first-order valence-electron chi connectivity index (χ1n) is 10.5. The lowest BCUT2D eigenvalue weighted by atomic mass is 9.82. The quantitative estimate of drug-likeness (QED) is 0.530. The SMILES string of the molecule is CCOc1ccc(C[NH+](C)CC(=O)NN2C(=O)NC3(CCCCC3)C2=O)cc1OC. The van der Waals surface area contributed by atoms with Crippen molar-refractivity contribution < 1.29 is 28.8 Å². The Kier molecular flexibility index (Phi) is 6.81. The van der Waals surface area contributed by atoms with Crippen LogP contribution in [0.25, 0.3) is 0 Å². The van der Waals surface area contributed by atoms with Crippen LogP contribution in [-0.2, 0) is 16.1 Å². The zero-order valence-corrected chi connectivity index (χ0v) is 17.9. The molecule has 1 saturated carbocycles. The number of hydrogen-bond acceptors (Lipinski definition) is 5. The number of carbonyl (C=O) groups excluding carboxylic acids is 3. The van der Waals surface area contributed by atoms with E-state index in [0.29, 0.717) is 37.5 Å². The summed E-state index contributed by atoms with van der Waals surface area (Å²) in [5.41, 5.74) is 2.62. The second-order valence-corrected chi connectivity index (χ2v) is 7.98. The molecule has 9 heteroatoms. The number of carbonyl (C=O) groups is 3. The van der Waals surface area contributed by atoms with E-state index in [1.54, 1.807) is 7.11 Å². The zero-order valence-electron chi connectivity index (χ0n) is 17.9. The fourth-order valence-electron chi connectivity index (χ4n) is 4.16. The third-order valence-corrected chi connectivity index (χ3v) is 5.60. The van der Waals surface area contributed by atoms with Crippen molar-refractivity contribution in [2.75, 3.05) is 27.3 Å². The molecule has 30 heavy (non-hydrogen) atoms. The summed E-state index contributed by atoms with van der Waals surface area (Å²) in [6.45, 7) is 3.14. The molecule has 0 bridgehead atoms. The molecule has 1 atom stereocenters. The van der Waals surface area contributed by atoms with Crippen molar-refractivity contribution in [1.29, 1.82) is 0 Å². The number of amides is 4. The maximum Gasteiger partial charge on any atom is 0.344 e. The van der Waals surface area contributed by atoms with Gasteiger partial charge in [-0.1, -0.05) is 19.3 Å². The second-order valence-electron chi connectivity index (χ2n) is 7.98. The number of rotatable bonds is 8. The van der Waals surface area contributed by atoms with Gasteiger partial charge in [-0.25, -0.2) is 4.79 Å². The monoisotopic (exact) mass is 419 g/mol. The van der Waals surface area contributed by atoms with Crippen LogP contribution in [0.5, 0.6) is 11.5 Å². The van der Waals surface area contributed by atoms with Crippen LogP contribution in [0.4, 0.5) is 4.79 Å². The van der Waals surface area contributed by atoms with Gasteiger partial charge in [0.05, 0.1) is 20.8 Å². The Labute approximate surface area is 176 Å². The Morgan fingerprint density at radius 1 is 1.23 bits per heavy atom. The van der Waals surface area contributed by atoms with E-state index in [9.17, 15) is 14.4 Å². The van der Waals surface area contributed by atoms with Gasteiger partial charge in [0.2, 0.25) is 0 Å². The summed E-state index contributed by atoms with van der Waals surface area (Å²) < 4.78 is 10.9. The van der Waals surface area contributed by atoms with Crippen molar-refractivity contribution >= 4 is 17.8 Å². The average molecular weight is 420 g/mol. The number of nitrogens with one attached hydrogen (secondary N) is 3. The highest BCUT2D eigenvalue weighted by atomic mass is 16.5. The van der Waals surface area contributed by atoms with Gasteiger partial charge in [-0.3, -0.25) is 15.0 Å². The van der Waals surface area contributed by atoms with Crippen LogP contribution in [0.1, 0.15) is 44.6 Å². The van der Waals surface area contributed by atoms with Gasteiger partial charge < -0.3 is 19.7 Å². The largest absolute Gasteiger partial charge is 0.493 e. The molecule has 1 aliphatic heterocycles. The molecule has 0 radical (unpaired) electrons. The fourth-order valence-corrected chi connectivity index (χ4v) is 4.16. The van der Waals surface area contributed by atoms with Crippen molar-refractivity contribution in [2.45, 2.75) is 51.1 Å². The topological polar surface area (TPSA) is 101 Å². The molecule has 1 spiro atoms. The summed E-state index contributed by atoms with van der Waals surface area (Å²) in [6, 6.07) is 5.11. The van der Waals surface area contributed by atoms with Crippen LogP contribution < -0.4 is 25.1 Å². The summed E-state index contributed by atoms with van der Waals surface area (Å²) in [5.74, 6) is 0.578. The van der Waals surface area contributed by atoms with Crippen LogP contribution in [0.2, 0.25) is 0 Å². The van der Waals surface area contributed by atoms with E-state index in [0.717, 1.165) is 34.7 Å². The molecule has 3 rings (SSSR count). The van der Waals surface area contributed by atoms with Crippen LogP contribution in [0.3, 0.4) is 0 Å². The van der Waals surface area contributed by atoms with E-state index in [4.69, 9.17) is 9.47 Å². The van der Waals surface area contributed by atoms with Gasteiger partial charge in [0.25, 0.3) is 11.8 Å². The minimum atomic E-state index is -0.847. The number of benzene rings is 1. The lowest BCUT2D eigenvalue weighted by Crippen LogP contribution is -3.09. The normalized spacial score (nSPS) is 18.8. The lowest BCUT2D eigenvalue weighted by molar-refractivity contribution is -0.885. The van der Waals surface area contributed by atoms with E-state index < -0.39 is 11.6 Å². The highest BCUT2D eigenvalue weighted by Crippen LogP contribution is 2.33. The molecule has 1 saturated heterocycles. The van der Waals surface area contributed by atoms with Crippen molar-refractivity contribution in [1.82, 2.24) is 15.8 Å². The molecule has 0 aromatic heterocycles. The Hall–Kier alpha value is -2.81. The minimum Gasteiger partial charge on any atom is -0.493 e. The third kappa shape index (κ3) is 4.67. The lowest BCUT2D eigenvalue weighted by Gasteiger charge is -2.30. The maximum absolute atomic E-state index is 12.8. The molecule has 3 N–H and O–H groups in total. The Bertz CT molecular complexity index is 807. The van der Waals surface area contributed by atoms with Gasteiger partial charge in [-0.15, -0.1) is 0 Å². The van der Waals surface area contributed by atoms with E-state index in [1.165, 1.54) is 0 Å². The van der Waals surface area contributed by atoms with Crippen LogP contribution >= 0.6 is 0 Å². The Balaban J connectivity index is 1.56. The number of imide groups is 1. The van der Waals surface area contributed by atoms with Crippen molar-refractivity contribution in [3.63, 3.8) is 0 Å². The molecule has 1 heterocycles. The van der Waals surface area contributed by atoms with E-state index >= 15 is 0 Å². The summed E-state index contributed by atoms with van der Waals surface area (Å²) in [7, 11) is 3.46. The standard InChI is InChI=1S/C21H30N4O5/c1-4-30-16-9-8-15(12-17(16)29-3)13-24(2)14-18(26)23-25-19(27)21(22-20(25)28)10-6-5-7-11-21/h8-9,12H,4-7,10-11,13-14H2,1-3H3,(H,22,28)(H,23,26)/p+1. The third-order valence-electron chi connectivity index (χ3n) is 5.60. The van der Waals surface area contributed by atoms with Crippen molar-refractivity contribution in [3.05, 3.63) is 23.8 Å². The summed E-state index contributed by atoms with van der Waals surface area (Å²) in [6.07, 6.45) is 4.09. The predicted molar refractivity (Wildman–Crippen MR) is 109 cm³/mol. The Morgan fingerprint density at radius 2 is 1.97 bits per heavy atom. The van der Waals surface area contributed by atoms with Gasteiger partial charge >= 0.3 is 6.03 Å². The highest BCUT2D eigenvalue weighted by Gasteiger charge is 2.52. The summed E-state index contributed by atoms with van der Waals surface area (Å²) in [5, 5.41) is 3.63. The predicted octanol–water partition coefficient (Wildman–Crippen LogP) is 0.395. The zero-order chi connectivity index (χ0) is 21.7. The first-order chi connectivity index (χ1) is 14.4. The molecular formula is C21H31N4O5+. The van der Waals surface area contributed by atoms with Crippen LogP contribution in [-0.4, -0.2) is 55.7 Å². The molecule has 1 unspecified atom stereocenters. The number of hydrogen-bond donors (Lipinski definition) is 3. The highest BCUT2D eigenvalue weighted by molar-refractivity contribution is 6.08. The molecule has 164 valence electrons. The van der Waals surface area contributed by atoms with E-state index in [2.05, 4.69) is 10.7 Å². The number of likely N-dealkylation sites (N-methyl/N-ethyl adjacent to an activating group) is 1. The first-order valence-corrected chi connectivity index (χ1v) is 10.5. The number of nitrogens with zero attached hydrogens (tertiary/aromatic N) is 1. The smallest absolute Gasteiger partial charge is 0.344 e. The van der Waals surface area contributed by atoms with Gasteiger partial charge in [0, 0.05) is 5.56 Å². The fraction of sp³-hybridized carbons (Fsp3) is 0.571. The number of quaternary nitrogens is 1. The van der Waals surface area contributed by atoms with Gasteiger partial charge in [0.1, 0.15) is 12.1 Å². The Morgan fingerprint density at radius 3 is 2.63 bits per heavy atom. The number of ether oxygens (including phenoxy) is 2. The van der Waals surface area contributed by atoms with Crippen molar-refractivity contribution in [2.24, 2.45) is 0 Å². The second kappa shape index (κ2) is 9.34. The molecule has 1 aromatic carbocycles. The van der Waals surface area contributed by atoms with Gasteiger partial charge in [-0.05, 0) is 38.0 Å². The van der Waals surface area contributed by atoms with Crippen LogP contribution in [0, 0.1) is 0 Å². The number of urea groups is 1. The molecular weight excluding hydrogens is 388 g/mol. The van der Waals surface area contributed by atoms with E-state index in [-0.39, 0.29) is 18.4 Å². The van der Waals surface area contributed by atoms with E-state index in [1.807, 2.05) is 32.2 Å². The molecule has 2 fully saturated rings. The molecule has 9 nitrogen and oxygen atoms in total. The number of hydrazine groups is 1. The van der Waals surface area contributed by atoms with Crippen LogP contribution in [0.15, 0.2) is 18.2 Å². The minimum absolute atomic E-state index is 0.111. The summed E-state index contributed by atoms with van der Waals surface area (Å²) >= 11 is 0. The molecule has 1 aromatic rings. The maximum atomic E-state index is 12.8. The average Bonchev–Trinajstić information content (AvgIpc) is 2.93. The number of methoxy groups -OCH3 is 1. The summed E-state index contributed by atoms with van der Waals surface area (Å²) in [4.78, 5) is 38.4. The molecule has 1 aliphatic carbocycles.